The first-order valence-electron chi connectivity index (χ1n) is 14.3. The van der Waals surface area contributed by atoms with Crippen LogP contribution in [0.3, 0.4) is 0 Å². The highest BCUT2D eigenvalue weighted by Crippen LogP contribution is 2.30. The first-order valence-corrected chi connectivity index (χ1v) is 14.3. The molecule has 0 radical (unpaired) electrons. The van der Waals surface area contributed by atoms with Crippen molar-refractivity contribution in [2.75, 3.05) is 31.5 Å². The van der Waals surface area contributed by atoms with Crippen LogP contribution in [0.25, 0.3) is 0 Å². The molecule has 0 unspecified atom stereocenters. The highest BCUT2D eigenvalue weighted by atomic mass is 16.6. The van der Waals surface area contributed by atoms with E-state index in [1.807, 2.05) is 56.0 Å². The molecule has 1 heterocycles. The van der Waals surface area contributed by atoms with Gasteiger partial charge in [0.15, 0.2) is 0 Å². The first-order chi connectivity index (χ1) is 20.2. The van der Waals surface area contributed by atoms with Gasteiger partial charge in [-0.1, -0.05) is 72.8 Å². The lowest BCUT2D eigenvalue weighted by atomic mass is 9.96. The van der Waals surface area contributed by atoms with Crippen LogP contribution in [-0.4, -0.2) is 53.6 Å². The van der Waals surface area contributed by atoms with Gasteiger partial charge in [-0.3, -0.25) is 15.0 Å². The first kappa shape index (κ1) is 28.9. The van der Waals surface area contributed by atoms with Crippen molar-refractivity contribution in [1.29, 1.82) is 0 Å². The number of benzene rings is 4. The fraction of sp³-hybridized carbons (Fsp3) is 0.257. The monoisotopic (exact) mass is 563 g/mol. The quantitative estimate of drug-likeness (QED) is 0.254. The minimum Gasteiger partial charge on any atom is -0.457 e. The number of carbonyl (C=O) groups is 2. The maximum absolute atomic E-state index is 13.5. The van der Waals surface area contributed by atoms with E-state index in [1.54, 1.807) is 30.3 Å². The summed E-state index contributed by atoms with van der Waals surface area (Å²) >= 11 is 0. The maximum Gasteiger partial charge on any atom is 0.412 e. The van der Waals surface area contributed by atoms with Gasteiger partial charge in [-0.25, -0.2) is 4.79 Å². The standard InChI is InChI=1S/C35H37N3O4/c1-35(2,3)42-34(40)36-29-17-11-19-31(25-29)41-30-18-10-16-28(24-30)33(39)38-22-20-37(21-23-38)32(26-12-6-4-7-13-26)27-14-8-5-9-15-27/h4-19,24-25,32H,20-23H2,1-3H3,(H,36,40). The number of nitrogens with one attached hydrogen (secondary N) is 1. The third-order valence-electron chi connectivity index (χ3n) is 6.99. The van der Waals surface area contributed by atoms with Crippen LogP contribution >= 0.6 is 0 Å². The summed E-state index contributed by atoms with van der Waals surface area (Å²) in [6, 6.07) is 35.5. The molecule has 42 heavy (non-hydrogen) atoms. The molecule has 1 aliphatic heterocycles. The SMILES string of the molecule is CC(C)(C)OC(=O)Nc1cccc(Oc2cccc(C(=O)N3CCN(C(c4ccccc4)c4ccccc4)CC3)c2)c1. The van der Waals surface area contributed by atoms with E-state index in [4.69, 9.17) is 9.47 Å². The highest BCUT2D eigenvalue weighted by molar-refractivity contribution is 5.94. The largest absolute Gasteiger partial charge is 0.457 e. The molecular weight excluding hydrogens is 526 g/mol. The molecule has 0 aliphatic carbocycles. The van der Waals surface area contributed by atoms with E-state index in [0.29, 0.717) is 35.8 Å². The van der Waals surface area contributed by atoms with Crippen molar-refractivity contribution < 1.29 is 19.1 Å². The number of anilines is 1. The number of piperazine rings is 1. The summed E-state index contributed by atoms with van der Waals surface area (Å²) in [6.07, 6.45) is -0.536. The third-order valence-corrected chi connectivity index (χ3v) is 6.99. The molecule has 0 aromatic heterocycles. The van der Waals surface area contributed by atoms with E-state index in [1.165, 1.54) is 11.1 Å². The molecule has 4 aromatic carbocycles. The van der Waals surface area contributed by atoms with Gasteiger partial charge >= 0.3 is 6.09 Å². The van der Waals surface area contributed by atoms with Crippen LogP contribution in [0.1, 0.15) is 48.3 Å². The summed E-state index contributed by atoms with van der Waals surface area (Å²) < 4.78 is 11.4. The number of hydrogen-bond donors (Lipinski definition) is 1. The molecule has 1 saturated heterocycles. The maximum atomic E-state index is 13.5. The van der Waals surface area contributed by atoms with E-state index in [9.17, 15) is 9.59 Å². The lowest BCUT2D eigenvalue weighted by Crippen LogP contribution is -2.49. The van der Waals surface area contributed by atoms with Gasteiger partial charge in [0.25, 0.3) is 5.91 Å². The van der Waals surface area contributed by atoms with Crippen molar-refractivity contribution in [3.05, 3.63) is 126 Å². The van der Waals surface area contributed by atoms with E-state index in [0.717, 1.165) is 13.1 Å². The Balaban J connectivity index is 1.23. The molecule has 7 heteroatoms. The predicted octanol–water partition coefficient (Wildman–Crippen LogP) is 7.37. The van der Waals surface area contributed by atoms with Crippen LogP contribution in [0, 0.1) is 0 Å². The molecule has 1 fully saturated rings. The zero-order valence-electron chi connectivity index (χ0n) is 24.3. The molecule has 216 valence electrons. The highest BCUT2D eigenvalue weighted by Gasteiger charge is 2.28. The lowest BCUT2D eigenvalue weighted by Gasteiger charge is -2.39. The molecule has 7 nitrogen and oxygen atoms in total. The Hall–Kier alpha value is -4.62. The molecule has 0 spiro atoms. The van der Waals surface area contributed by atoms with Gasteiger partial charge in [-0.2, -0.15) is 0 Å². The summed E-state index contributed by atoms with van der Waals surface area (Å²) in [5.41, 5.74) is 3.03. The van der Waals surface area contributed by atoms with Gasteiger partial charge in [-0.05, 0) is 62.2 Å². The van der Waals surface area contributed by atoms with Crippen LogP contribution in [0.5, 0.6) is 11.5 Å². The zero-order chi connectivity index (χ0) is 29.5. The minimum absolute atomic E-state index is 0.0172. The summed E-state index contributed by atoms with van der Waals surface area (Å²) in [7, 11) is 0. The normalized spacial score (nSPS) is 14.0. The Morgan fingerprint density at radius 2 is 1.29 bits per heavy atom. The molecule has 2 amide bonds. The van der Waals surface area contributed by atoms with Crippen LogP contribution < -0.4 is 10.1 Å². The Kier molecular flexibility index (Phi) is 8.88. The van der Waals surface area contributed by atoms with E-state index < -0.39 is 11.7 Å². The topological polar surface area (TPSA) is 71.1 Å². The van der Waals surface area contributed by atoms with Gasteiger partial charge < -0.3 is 14.4 Å². The summed E-state index contributed by atoms with van der Waals surface area (Å²) in [6.45, 7) is 8.25. The molecule has 1 N–H and O–H groups in total. The lowest BCUT2D eigenvalue weighted by molar-refractivity contribution is 0.0595. The van der Waals surface area contributed by atoms with Crippen molar-refractivity contribution in [2.24, 2.45) is 0 Å². The van der Waals surface area contributed by atoms with Crippen LogP contribution in [0.4, 0.5) is 10.5 Å². The molecule has 0 atom stereocenters. The van der Waals surface area contributed by atoms with Crippen molar-refractivity contribution >= 4 is 17.7 Å². The average molecular weight is 564 g/mol. The Morgan fingerprint density at radius 1 is 0.714 bits per heavy atom. The van der Waals surface area contributed by atoms with Gasteiger partial charge in [-0.15, -0.1) is 0 Å². The van der Waals surface area contributed by atoms with Gasteiger partial charge in [0.2, 0.25) is 0 Å². The Morgan fingerprint density at radius 3 is 1.88 bits per heavy atom. The van der Waals surface area contributed by atoms with Gasteiger partial charge in [0.05, 0.1) is 6.04 Å². The number of ether oxygens (including phenoxy) is 2. The van der Waals surface area contributed by atoms with Crippen LogP contribution in [0.2, 0.25) is 0 Å². The fourth-order valence-electron chi connectivity index (χ4n) is 5.14. The Labute approximate surface area is 247 Å². The van der Waals surface area contributed by atoms with Gasteiger partial charge in [0, 0.05) is 43.5 Å². The molecule has 0 bridgehead atoms. The number of rotatable bonds is 7. The average Bonchev–Trinajstić information content (AvgIpc) is 2.98. The molecule has 0 saturated carbocycles. The smallest absolute Gasteiger partial charge is 0.412 e. The second-order valence-corrected chi connectivity index (χ2v) is 11.3. The van der Waals surface area contributed by atoms with Crippen LogP contribution in [0.15, 0.2) is 109 Å². The summed E-state index contributed by atoms with van der Waals surface area (Å²) in [5.74, 6) is 1.06. The van der Waals surface area contributed by atoms with E-state index in [-0.39, 0.29) is 11.9 Å². The van der Waals surface area contributed by atoms with E-state index >= 15 is 0 Å². The minimum atomic E-state index is -0.594. The predicted molar refractivity (Wildman–Crippen MR) is 165 cm³/mol. The number of hydrogen-bond acceptors (Lipinski definition) is 5. The summed E-state index contributed by atoms with van der Waals surface area (Å²) in [5, 5.41) is 2.72. The second kappa shape index (κ2) is 12.9. The van der Waals surface area contributed by atoms with Crippen molar-refractivity contribution in [2.45, 2.75) is 32.4 Å². The van der Waals surface area contributed by atoms with Crippen molar-refractivity contribution in [1.82, 2.24) is 9.80 Å². The number of carbonyl (C=O) groups excluding carboxylic acids is 2. The molecule has 1 aliphatic rings. The van der Waals surface area contributed by atoms with Gasteiger partial charge in [0.1, 0.15) is 17.1 Å². The fourth-order valence-corrected chi connectivity index (χ4v) is 5.14. The molecule has 5 rings (SSSR count). The Bertz CT molecular complexity index is 1450. The summed E-state index contributed by atoms with van der Waals surface area (Å²) in [4.78, 5) is 30.0. The van der Waals surface area contributed by atoms with Crippen molar-refractivity contribution in [3.8, 4) is 11.5 Å². The van der Waals surface area contributed by atoms with E-state index in [2.05, 4.69) is 58.7 Å². The van der Waals surface area contributed by atoms with Crippen LogP contribution in [-0.2, 0) is 4.74 Å². The third kappa shape index (κ3) is 7.56. The molecular formula is C35H37N3O4. The number of nitrogens with zero attached hydrogens (tertiary/aromatic N) is 2. The molecule has 4 aromatic rings. The number of amides is 2. The van der Waals surface area contributed by atoms with Crippen molar-refractivity contribution in [3.63, 3.8) is 0 Å². The second-order valence-electron chi connectivity index (χ2n) is 11.3. The zero-order valence-corrected chi connectivity index (χ0v) is 24.3.